The minimum Gasteiger partial charge on any atom is -0.289 e. The Kier molecular flexibility index (Phi) is 6.53. The van der Waals surface area contributed by atoms with Gasteiger partial charge in [-0.2, -0.15) is 0 Å². The number of amides is 1. The van der Waals surface area contributed by atoms with E-state index in [0.29, 0.717) is 6.04 Å². The molecule has 1 aliphatic carbocycles. The van der Waals surface area contributed by atoms with Crippen molar-refractivity contribution in [1.82, 2.24) is 20.3 Å². The highest BCUT2D eigenvalue weighted by atomic mass is 16.5. The average Bonchev–Trinajstić information content (AvgIpc) is 2.70. The lowest BCUT2D eigenvalue weighted by Gasteiger charge is -2.36. The van der Waals surface area contributed by atoms with Gasteiger partial charge < -0.3 is 0 Å². The second kappa shape index (κ2) is 9.06. The Morgan fingerprint density at radius 2 is 1.56 bits per heavy atom. The number of hydroxylamine groups is 1. The van der Waals surface area contributed by atoms with Crippen molar-refractivity contribution in [2.45, 2.75) is 58.7 Å². The van der Waals surface area contributed by atoms with Gasteiger partial charge in [0.15, 0.2) is 0 Å². The summed E-state index contributed by atoms with van der Waals surface area (Å²) in [6.07, 6.45) is 7.11. The van der Waals surface area contributed by atoms with Crippen LogP contribution in [0.3, 0.4) is 0 Å². The molecule has 1 aliphatic rings. The Labute approximate surface area is 160 Å². The molecule has 3 rings (SSSR count). The van der Waals surface area contributed by atoms with E-state index >= 15 is 0 Å². The first-order valence-electron chi connectivity index (χ1n) is 9.57. The van der Waals surface area contributed by atoms with Crippen molar-refractivity contribution in [3.05, 3.63) is 59.2 Å². The predicted octanol–water partition coefficient (Wildman–Crippen LogP) is 3.16. The summed E-state index contributed by atoms with van der Waals surface area (Å²) in [5.41, 5.74) is 6.35. The molecule has 0 bridgehead atoms. The number of hydrogen-bond acceptors (Lipinski definition) is 5. The average molecular weight is 368 g/mol. The van der Waals surface area contributed by atoms with Crippen LogP contribution in [-0.2, 0) is 17.9 Å². The fourth-order valence-corrected chi connectivity index (χ4v) is 3.86. The van der Waals surface area contributed by atoms with Gasteiger partial charge in [0.05, 0.1) is 11.4 Å². The van der Waals surface area contributed by atoms with Crippen LogP contribution >= 0.6 is 0 Å². The van der Waals surface area contributed by atoms with E-state index in [1.807, 2.05) is 24.5 Å². The molecule has 1 amide bonds. The summed E-state index contributed by atoms with van der Waals surface area (Å²) in [6.45, 7) is 5.72. The van der Waals surface area contributed by atoms with E-state index in [1.54, 1.807) is 5.48 Å². The normalized spacial score (nSPS) is 19.9. The Hall–Kier alpha value is -2.31. The lowest BCUT2D eigenvalue weighted by molar-refractivity contribution is -0.134. The van der Waals surface area contributed by atoms with Gasteiger partial charge in [-0.05, 0) is 62.8 Å². The SMILES string of the molecule is Cc1cccnc1CN(Cc1ncccc1C)[C@H]1CC[C@@H](C(=O)NO)CC1. The molecule has 27 heavy (non-hydrogen) atoms. The van der Waals surface area contributed by atoms with Crippen LogP contribution in [0.15, 0.2) is 36.7 Å². The second-order valence-corrected chi connectivity index (χ2v) is 7.42. The van der Waals surface area contributed by atoms with Gasteiger partial charge in [0.2, 0.25) is 5.91 Å². The summed E-state index contributed by atoms with van der Waals surface area (Å²) in [4.78, 5) is 23.3. The maximum absolute atomic E-state index is 11.7. The third-order valence-corrected chi connectivity index (χ3v) is 5.64. The molecule has 6 heteroatoms. The molecular weight excluding hydrogens is 340 g/mol. The largest absolute Gasteiger partial charge is 0.289 e. The van der Waals surface area contributed by atoms with Crippen molar-refractivity contribution in [3.63, 3.8) is 0 Å². The van der Waals surface area contributed by atoms with Crippen LogP contribution in [-0.4, -0.2) is 32.0 Å². The number of nitrogens with zero attached hydrogens (tertiary/aromatic N) is 3. The van der Waals surface area contributed by atoms with E-state index in [9.17, 15) is 4.79 Å². The molecule has 2 aromatic heterocycles. The maximum Gasteiger partial charge on any atom is 0.246 e. The van der Waals surface area contributed by atoms with Gasteiger partial charge in [-0.1, -0.05) is 12.1 Å². The van der Waals surface area contributed by atoms with Gasteiger partial charge in [0.25, 0.3) is 0 Å². The van der Waals surface area contributed by atoms with Gasteiger partial charge in [0, 0.05) is 37.4 Å². The number of aromatic nitrogens is 2. The highest BCUT2D eigenvalue weighted by Gasteiger charge is 2.30. The predicted molar refractivity (Wildman–Crippen MR) is 103 cm³/mol. The van der Waals surface area contributed by atoms with Gasteiger partial charge in [-0.3, -0.25) is 24.9 Å². The highest BCUT2D eigenvalue weighted by molar-refractivity contribution is 5.77. The second-order valence-electron chi connectivity index (χ2n) is 7.42. The third-order valence-electron chi connectivity index (χ3n) is 5.64. The Morgan fingerprint density at radius 1 is 1.04 bits per heavy atom. The minimum absolute atomic E-state index is 0.0960. The number of pyridine rings is 2. The maximum atomic E-state index is 11.7. The summed E-state index contributed by atoms with van der Waals surface area (Å²) >= 11 is 0. The van der Waals surface area contributed by atoms with Crippen LogP contribution in [0, 0.1) is 19.8 Å². The van der Waals surface area contributed by atoms with Crippen molar-refractivity contribution in [1.29, 1.82) is 0 Å². The standard InChI is InChI=1S/C21H28N4O2/c1-15-5-3-11-22-19(15)13-25(14-20-16(2)6-4-12-23-20)18-9-7-17(8-10-18)21(26)24-27/h3-6,11-12,17-18,27H,7-10,13-14H2,1-2H3,(H,24,26)/t17-,18+. The zero-order valence-electron chi connectivity index (χ0n) is 16.1. The Balaban J connectivity index is 1.77. The van der Waals surface area contributed by atoms with Crippen molar-refractivity contribution in [2.75, 3.05) is 0 Å². The highest BCUT2D eigenvalue weighted by Crippen LogP contribution is 2.30. The molecular formula is C21H28N4O2. The summed E-state index contributed by atoms with van der Waals surface area (Å²) < 4.78 is 0. The summed E-state index contributed by atoms with van der Waals surface area (Å²) in [5, 5.41) is 8.89. The number of hydrogen-bond donors (Lipinski definition) is 2. The van der Waals surface area contributed by atoms with Gasteiger partial charge in [0.1, 0.15) is 0 Å². The van der Waals surface area contributed by atoms with E-state index < -0.39 is 0 Å². The Bertz CT molecular complexity index is 725. The third kappa shape index (κ3) is 4.90. The van der Waals surface area contributed by atoms with Gasteiger partial charge in [-0.15, -0.1) is 0 Å². The van der Waals surface area contributed by atoms with Crippen molar-refractivity contribution in [2.24, 2.45) is 5.92 Å². The summed E-state index contributed by atoms with van der Waals surface area (Å²) in [7, 11) is 0. The molecule has 1 saturated carbocycles. The van der Waals surface area contributed by atoms with E-state index in [2.05, 4.69) is 40.8 Å². The van der Waals surface area contributed by atoms with Crippen LogP contribution in [0.5, 0.6) is 0 Å². The first-order chi connectivity index (χ1) is 13.1. The molecule has 2 N–H and O–H groups in total. The fraction of sp³-hybridized carbons (Fsp3) is 0.476. The molecule has 6 nitrogen and oxygen atoms in total. The summed E-state index contributed by atoms with van der Waals surface area (Å²) in [6, 6.07) is 8.48. The van der Waals surface area contributed by atoms with Gasteiger partial charge in [-0.25, -0.2) is 5.48 Å². The smallest absolute Gasteiger partial charge is 0.246 e. The van der Waals surface area contributed by atoms with Crippen LogP contribution in [0.4, 0.5) is 0 Å². The molecule has 0 unspecified atom stereocenters. The molecule has 0 radical (unpaired) electrons. The fourth-order valence-electron chi connectivity index (χ4n) is 3.86. The molecule has 0 aliphatic heterocycles. The van der Waals surface area contributed by atoms with Crippen LogP contribution in [0.1, 0.15) is 48.2 Å². The molecule has 2 aromatic rings. The van der Waals surface area contributed by atoms with E-state index in [-0.39, 0.29) is 11.8 Å². The quantitative estimate of drug-likeness (QED) is 0.605. The van der Waals surface area contributed by atoms with Crippen molar-refractivity contribution < 1.29 is 10.0 Å². The number of carbonyl (C=O) groups excluding carboxylic acids is 1. The van der Waals surface area contributed by atoms with E-state index in [4.69, 9.17) is 5.21 Å². The zero-order chi connectivity index (χ0) is 19.2. The molecule has 2 heterocycles. The van der Waals surface area contributed by atoms with Crippen molar-refractivity contribution in [3.8, 4) is 0 Å². The molecule has 0 spiro atoms. The topological polar surface area (TPSA) is 78.4 Å². The van der Waals surface area contributed by atoms with E-state index in [0.717, 1.165) is 50.2 Å². The minimum atomic E-state index is -0.263. The molecule has 0 saturated heterocycles. The van der Waals surface area contributed by atoms with Crippen LogP contribution < -0.4 is 5.48 Å². The molecule has 0 aromatic carbocycles. The molecule has 1 fully saturated rings. The number of aryl methyl sites for hydroxylation is 2. The zero-order valence-corrected chi connectivity index (χ0v) is 16.1. The molecule has 144 valence electrons. The van der Waals surface area contributed by atoms with Crippen LogP contribution in [0.2, 0.25) is 0 Å². The number of rotatable bonds is 6. The van der Waals surface area contributed by atoms with E-state index in [1.165, 1.54) is 11.1 Å². The molecule has 0 atom stereocenters. The first-order valence-corrected chi connectivity index (χ1v) is 9.57. The summed E-state index contributed by atoms with van der Waals surface area (Å²) in [5.74, 6) is -0.359. The Morgan fingerprint density at radius 3 is 2.00 bits per heavy atom. The van der Waals surface area contributed by atoms with Crippen molar-refractivity contribution >= 4 is 5.91 Å². The van der Waals surface area contributed by atoms with Crippen LogP contribution in [0.25, 0.3) is 0 Å². The monoisotopic (exact) mass is 368 g/mol. The first kappa shape index (κ1) is 19.5. The lowest BCUT2D eigenvalue weighted by Crippen LogP contribution is -2.40. The number of nitrogens with one attached hydrogen (secondary N) is 1. The number of carbonyl (C=O) groups is 1. The lowest BCUT2D eigenvalue weighted by atomic mass is 9.84. The van der Waals surface area contributed by atoms with Gasteiger partial charge >= 0.3 is 0 Å².